The molecule has 1 atom stereocenters. The van der Waals surface area contributed by atoms with Crippen LogP contribution in [0.4, 0.5) is 10.5 Å². The average molecular weight is 247 g/mol. The molecule has 1 aromatic carbocycles. The standard InChI is InChI=1S/C14H17NO3/c1-10(2)14(18-13(16)17-3)9-8-11-6-4-5-7-12(11)15-14/h4-10,15H,1-3H3. The van der Waals surface area contributed by atoms with Gasteiger partial charge < -0.3 is 14.8 Å². The summed E-state index contributed by atoms with van der Waals surface area (Å²) in [6, 6.07) is 7.86. The molecule has 1 aromatic rings. The van der Waals surface area contributed by atoms with Crippen molar-refractivity contribution in [2.45, 2.75) is 19.6 Å². The molecular formula is C14H17NO3. The lowest BCUT2D eigenvalue weighted by molar-refractivity contribution is -0.00897. The molecule has 1 aliphatic heterocycles. The first-order valence-corrected chi connectivity index (χ1v) is 5.91. The number of para-hydroxylation sites is 1. The minimum atomic E-state index is -0.860. The van der Waals surface area contributed by atoms with Crippen molar-refractivity contribution < 1.29 is 14.3 Å². The van der Waals surface area contributed by atoms with Crippen LogP contribution in [0.3, 0.4) is 0 Å². The van der Waals surface area contributed by atoms with Crippen LogP contribution >= 0.6 is 0 Å². The number of anilines is 1. The van der Waals surface area contributed by atoms with Crippen LogP contribution in [0.25, 0.3) is 6.08 Å². The number of fused-ring (bicyclic) bond motifs is 1. The van der Waals surface area contributed by atoms with Crippen molar-refractivity contribution in [3.8, 4) is 0 Å². The van der Waals surface area contributed by atoms with Gasteiger partial charge in [0.15, 0.2) is 0 Å². The van der Waals surface area contributed by atoms with Crippen molar-refractivity contribution >= 4 is 17.9 Å². The zero-order valence-electron chi connectivity index (χ0n) is 10.8. The monoisotopic (exact) mass is 247 g/mol. The zero-order valence-corrected chi connectivity index (χ0v) is 10.8. The maximum atomic E-state index is 11.4. The highest BCUT2D eigenvalue weighted by Crippen LogP contribution is 2.33. The van der Waals surface area contributed by atoms with Crippen molar-refractivity contribution in [3.05, 3.63) is 35.9 Å². The predicted molar refractivity (Wildman–Crippen MR) is 70.2 cm³/mol. The lowest BCUT2D eigenvalue weighted by Crippen LogP contribution is -2.47. The Morgan fingerprint density at radius 1 is 1.33 bits per heavy atom. The van der Waals surface area contributed by atoms with E-state index in [1.54, 1.807) is 0 Å². The third kappa shape index (κ3) is 2.18. The molecule has 0 fully saturated rings. The third-order valence-electron chi connectivity index (χ3n) is 3.08. The molecule has 0 amide bonds. The average Bonchev–Trinajstić information content (AvgIpc) is 2.38. The predicted octanol–water partition coefficient (Wildman–Crippen LogP) is 3.26. The van der Waals surface area contributed by atoms with Gasteiger partial charge in [-0.05, 0) is 17.7 Å². The van der Waals surface area contributed by atoms with Crippen LogP contribution in [0.1, 0.15) is 19.4 Å². The van der Waals surface area contributed by atoms with Crippen LogP contribution in [-0.4, -0.2) is 19.0 Å². The highest BCUT2D eigenvalue weighted by Gasteiger charge is 2.38. The van der Waals surface area contributed by atoms with E-state index in [0.717, 1.165) is 11.3 Å². The van der Waals surface area contributed by atoms with E-state index in [-0.39, 0.29) is 5.92 Å². The molecule has 4 nitrogen and oxygen atoms in total. The second kappa shape index (κ2) is 4.72. The molecule has 18 heavy (non-hydrogen) atoms. The minimum absolute atomic E-state index is 0.0706. The number of nitrogens with one attached hydrogen (secondary N) is 1. The Morgan fingerprint density at radius 3 is 2.72 bits per heavy atom. The summed E-state index contributed by atoms with van der Waals surface area (Å²) in [7, 11) is 1.30. The number of methoxy groups -OCH3 is 1. The summed E-state index contributed by atoms with van der Waals surface area (Å²) < 4.78 is 9.97. The van der Waals surface area contributed by atoms with Gasteiger partial charge in [-0.3, -0.25) is 0 Å². The van der Waals surface area contributed by atoms with E-state index >= 15 is 0 Å². The molecule has 4 heteroatoms. The molecule has 1 heterocycles. The molecular weight excluding hydrogens is 230 g/mol. The van der Waals surface area contributed by atoms with E-state index in [0.29, 0.717) is 0 Å². The van der Waals surface area contributed by atoms with Crippen LogP contribution < -0.4 is 5.32 Å². The maximum absolute atomic E-state index is 11.4. The van der Waals surface area contributed by atoms with Crippen molar-refractivity contribution in [2.24, 2.45) is 5.92 Å². The Balaban J connectivity index is 2.33. The van der Waals surface area contributed by atoms with Gasteiger partial charge >= 0.3 is 6.16 Å². The minimum Gasteiger partial charge on any atom is -0.438 e. The molecule has 0 radical (unpaired) electrons. The van der Waals surface area contributed by atoms with Gasteiger partial charge in [-0.2, -0.15) is 0 Å². The Bertz CT molecular complexity index is 482. The van der Waals surface area contributed by atoms with E-state index < -0.39 is 11.9 Å². The van der Waals surface area contributed by atoms with Crippen molar-refractivity contribution in [3.63, 3.8) is 0 Å². The van der Waals surface area contributed by atoms with Crippen LogP contribution in [0, 0.1) is 5.92 Å². The number of rotatable bonds is 2. The Labute approximate surface area is 107 Å². The number of hydrogen-bond donors (Lipinski definition) is 1. The van der Waals surface area contributed by atoms with Gasteiger partial charge in [-0.15, -0.1) is 0 Å². The largest absolute Gasteiger partial charge is 0.510 e. The van der Waals surface area contributed by atoms with Gasteiger partial charge in [-0.1, -0.05) is 38.1 Å². The normalized spacial score (nSPS) is 21.1. The molecule has 96 valence electrons. The second-order valence-electron chi connectivity index (χ2n) is 4.55. The smallest absolute Gasteiger partial charge is 0.438 e. The summed E-state index contributed by atoms with van der Waals surface area (Å²) in [6.45, 7) is 3.96. The maximum Gasteiger partial charge on any atom is 0.510 e. The SMILES string of the molecule is COC(=O)OC1(C(C)C)C=Cc2ccccc2N1. The summed E-state index contributed by atoms with van der Waals surface area (Å²) in [5.74, 6) is 0.0706. The summed E-state index contributed by atoms with van der Waals surface area (Å²) in [6.07, 6.45) is 3.12. The van der Waals surface area contributed by atoms with Gasteiger partial charge in [0.1, 0.15) is 0 Å². The quantitative estimate of drug-likeness (QED) is 0.815. The van der Waals surface area contributed by atoms with E-state index in [1.807, 2.05) is 50.3 Å². The zero-order chi connectivity index (χ0) is 13.2. The molecule has 1 unspecified atom stereocenters. The highest BCUT2D eigenvalue weighted by molar-refractivity contribution is 5.73. The lowest BCUT2D eigenvalue weighted by atomic mass is 9.93. The molecule has 0 saturated heterocycles. The van der Waals surface area contributed by atoms with E-state index in [1.165, 1.54) is 7.11 Å². The van der Waals surface area contributed by atoms with Gasteiger partial charge in [-0.25, -0.2) is 4.79 Å². The molecule has 1 N–H and O–H groups in total. The van der Waals surface area contributed by atoms with Crippen LogP contribution in [-0.2, 0) is 9.47 Å². The fourth-order valence-corrected chi connectivity index (χ4v) is 1.92. The summed E-state index contributed by atoms with van der Waals surface area (Å²) in [5.41, 5.74) is 1.15. The van der Waals surface area contributed by atoms with Gasteiger partial charge in [0.2, 0.25) is 5.72 Å². The first kappa shape index (κ1) is 12.5. The molecule has 1 aliphatic rings. The van der Waals surface area contributed by atoms with Gasteiger partial charge in [0.25, 0.3) is 0 Å². The Hall–Kier alpha value is -1.97. The number of hydrogen-bond acceptors (Lipinski definition) is 4. The summed E-state index contributed by atoms with van der Waals surface area (Å²) in [5, 5.41) is 3.27. The van der Waals surface area contributed by atoms with Gasteiger partial charge in [0.05, 0.1) is 7.11 Å². The molecule has 0 saturated carbocycles. The highest BCUT2D eigenvalue weighted by atomic mass is 16.7. The molecule has 0 spiro atoms. The van der Waals surface area contributed by atoms with Crippen LogP contribution in [0.2, 0.25) is 0 Å². The molecule has 0 aliphatic carbocycles. The number of benzene rings is 1. The van der Waals surface area contributed by atoms with Crippen molar-refractivity contribution in [2.75, 3.05) is 12.4 Å². The molecule has 0 aromatic heterocycles. The van der Waals surface area contributed by atoms with Crippen LogP contribution in [0.15, 0.2) is 30.3 Å². The number of carbonyl (C=O) groups is 1. The first-order valence-electron chi connectivity index (χ1n) is 5.91. The second-order valence-corrected chi connectivity index (χ2v) is 4.55. The van der Waals surface area contributed by atoms with Crippen molar-refractivity contribution in [1.29, 1.82) is 0 Å². The topological polar surface area (TPSA) is 47.6 Å². The third-order valence-corrected chi connectivity index (χ3v) is 3.08. The molecule has 0 bridgehead atoms. The van der Waals surface area contributed by atoms with E-state index in [4.69, 9.17) is 4.74 Å². The molecule has 2 rings (SSSR count). The number of ether oxygens (including phenoxy) is 2. The fraction of sp³-hybridized carbons (Fsp3) is 0.357. The van der Waals surface area contributed by atoms with E-state index in [2.05, 4.69) is 10.1 Å². The lowest BCUT2D eigenvalue weighted by Gasteiger charge is -2.37. The fourth-order valence-electron chi connectivity index (χ4n) is 1.92. The van der Waals surface area contributed by atoms with Gasteiger partial charge in [0, 0.05) is 11.6 Å². The number of carbonyl (C=O) groups excluding carboxylic acids is 1. The Morgan fingerprint density at radius 2 is 2.06 bits per heavy atom. The van der Waals surface area contributed by atoms with E-state index in [9.17, 15) is 4.79 Å². The van der Waals surface area contributed by atoms with Crippen LogP contribution in [0.5, 0.6) is 0 Å². The first-order chi connectivity index (χ1) is 8.57. The Kier molecular flexibility index (Phi) is 3.28. The van der Waals surface area contributed by atoms with Crippen molar-refractivity contribution in [1.82, 2.24) is 0 Å². The summed E-state index contributed by atoms with van der Waals surface area (Å²) in [4.78, 5) is 11.4. The summed E-state index contributed by atoms with van der Waals surface area (Å²) >= 11 is 0.